The third-order valence-electron chi connectivity index (χ3n) is 5.09. The van der Waals surface area contributed by atoms with Crippen molar-refractivity contribution in [3.05, 3.63) is 0 Å². The molecule has 18 heavy (non-hydrogen) atoms. The van der Waals surface area contributed by atoms with E-state index >= 15 is 0 Å². The van der Waals surface area contributed by atoms with Gasteiger partial charge >= 0.3 is 0 Å². The highest BCUT2D eigenvalue weighted by atomic mass is 15.1. The molecule has 2 aliphatic carbocycles. The van der Waals surface area contributed by atoms with Crippen molar-refractivity contribution in [1.82, 2.24) is 10.2 Å². The summed E-state index contributed by atoms with van der Waals surface area (Å²) in [4.78, 5) is 2.59. The molecule has 2 aliphatic rings. The van der Waals surface area contributed by atoms with Gasteiger partial charge in [0.1, 0.15) is 0 Å². The van der Waals surface area contributed by atoms with E-state index in [0.717, 1.165) is 24.3 Å². The quantitative estimate of drug-likeness (QED) is 0.714. The molecule has 0 aromatic carbocycles. The summed E-state index contributed by atoms with van der Waals surface area (Å²) in [6, 6.07) is 0.698. The van der Waals surface area contributed by atoms with E-state index in [0.29, 0.717) is 6.04 Å². The highest BCUT2D eigenvalue weighted by Crippen LogP contribution is 2.48. The molecule has 2 rings (SSSR count). The molecular formula is C16H32N2. The first-order valence-corrected chi connectivity index (χ1v) is 8.14. The topological polar surface area (TPSA) is 15.3 Å². The number of likely N-dealkylation sites (N-methyl/N-ethyl adjacent to an activating group) is 2. The highest BCUT2D eigenvalue weighted by molar-refractivity contribution is 4.91. The van der Waals surface area contributed by atoms with Crippen molar-refractivity contribution in [3.63, 3.8) is 0 Å². The second-order valence-corrected chi connectivity index (χ2v) is 6.70. The Bertz CT molecular complexity index is 235. The number of nitrogens with zero attached hydrogens (tertiary/aromatic N) is 1. The molecule has 0 aromatic heterocycles. The zero-order valence-corrected chi connectivity index (χ0v) is 12.6. The smallest absolute Gasteiger partial charge is 0.0194 e. The molecule has 2 heteroatoms. The molecule has 0 heterocycles. The normalized spacial score (nSPS) is 32.3. The summed E-state index contributed by atoms with van der Waals surface area (Å²) in [5.74, 6) is 3.17. The average Bonchev–Trinajstić information content (AvgIpc) is 2.91. The van der Waals surface area contributed by atoms with E-state index in [4.69, 9.17) is 0 Å². The van der Waals surface area contributed by atoms with E-state index in [-0.39, 0.29) is 0 Å². The van der Waals surface area contributed by atoms with Gasteiger partial charge in [-0.25, -0.2) is 0 Å². The predicted octanol–water partition coefficient (Wildman–Crippen LogP) is 3.13. The molecule has 4 atom stereocenters. The van der Waals surface area contributed by atoms with Gasteiger partial charge in [-0.15, -0.1) is 0 Å². The fourth-order valence-corrected chi connectivity index (χ4v) is 4.35. The molecule has 0 aromatic rings. The van der Waals surface area contributed by atoms with Crippen LogP contribution in [0.15, 0.2) is 0 Å². The summed E-state index contributed by atoms with van der Waals surface area (Å²) < 4.78 is 0. The molecule has 2 saturated carbocycles. The molecule has 0 aliphatic heterocycles. The van der Waals surface area contributed by atoms with Gasteiger partial charge in [0.05, 0.1) is 0 Å². The molecule has 2 nitrogen and oxygen atoms in total. The number of hydrogen-bond acceptors (Lipinski definition) is 2. The van der Waals surface area contributed by atoms with Crippen LogP contribution >= 0.6 is 0 Å². The van der Waals surface area contributed by atoms with E-state index < -0.39 is 0 Å². The summed E-state index contributed by atoms with van der Waals surface area (Å²) in [6.07, 6.45) is 8.73. The second kappa shape index (κ2) is 6.91. The lowest BCUT2D eigenvalue weighted by Crippen LogP contribution is -2.41. The molecular weight excluding hydrogens is 220 g/mol. The lowest BCUT2D eigenvalue weighted by Gasteiger charge is -2.30. The average molecular weight is 252 g/mol. The first-order chi connectivity index (χ1) is 8.72. The molecule has 2 bridgehead atoms. The molecule has 2 fully saturated rings. The molecule has 0 radical (unpaired) electrons. The van der Waals surface area contributed by atoms with E-state index in [1.54, 1.807) is 6.42 Å². The minimum Gasteiger partial charge on any atom is -0.313 e. The van der Waals surface area contributed by atoms with Gasteiger partial charge in [-0.2, -0.15) is 0 Å². The lowest BCUT2D eigenvalue weighted by molar-refractivity contribution is 0.201. The van der Waals surface area contributed by atoms with Crippen molar-refractivity contribution in [2.24, 2.45) is 17.8 Å². The van der Waals surface area contributed by atoms with Gasteiger partial charge in [0.2, 0.25) is 0 Å². The summed E-state index contributed by atoms with van der Waals surface area (Å²) >= 11 is 0. The van der Waals surface area contributed by atoms with Crippen LogP contribution in [0.1, 0.15) is 52.4 Å². The molecule has 0 saturated heterocycles. The van der Waals surface area contributed by atoms with Gasteiger partial charge in [0.15, 0.2) is 0 Å². The number of rotatable bonds is 8. The Morgan fingerprint density at radius 3 is 2.61 bits per heavy atom. The summed E-state index contributed by atoms with van der Waals surface area (Å²) in [7, 11) is 2.33. The Labute approximate surface area is 114 Å². The second-order valence-electron chi connectivity index (χ2n) is 6.70. The Kier molecular flexibility index (Phi) is 5.50. The van der Waals surface area contributed by atoms with Crippen LogP contribution in [0.5, 0.6) is 0 Å². The first kappa shape index (κ1) is 14.3. The molecule has 0 amide bonds. The van der Waals surface area contributed by atoms with E-state index in [2.05, 4.69) is 31.1 Å². The monoisotopic (exact) mass is 252 g/mol. The fourth-order valence-electron chi connectivity index (χ4n) is 4.35. The number of nitrogens with one attached hydrogen (secondary N) is 1. The zero-order valence-electron chi connectivity index (χ0n) is 12.6. The van der Waals surface area contributed by atoms with Crippen LogP contribution in [0.4, 0.5) is 0 Å². The van der Waals surface area contributed by atoms with E-state index in [9.17, 15) is 0 Å². The Morgan fingerprint density at radius 1 is 1.22 bits per heavy atom. The predicted molar refractivity (Wildman–Crippen MR) is 78.8 cm³/mol. The number of fused-ring (bicyclic) bond motifs is 2. The standard InChI is InChI=1S/C16H32N2/c1-4-6-16(17-5-2)12-18(3)11-15-10-13-7-8-14(15)9-13/h13-17H,4-12H2,1-3H3. The maximum Gasteiger partial charge on any atom is 0.0194 e. The van der Waals surface area contributed by atoms with Crippen molar-refractivity contribution < 1.29 is 0 Å². The fraction of sp³-hybridized carbons (Fsp3) is 1.00. The third kappa shape index (κ3) is 3.71. The maximum absolute atomic E-state index is 3.63. The number of hydrogen-bond donors (Lipinski definition) is 1. The van der Waals surface area contributed by atoms with Crippen LogP contribution in [0, 0.1) is 17.8 Å². The van der Waals surface area contributed by atoms with E-state index in [1.807, 2.05) is 0 Å². The summed E-state index contributed by atoms with van der Waals surface area (Å²) in [5, 5.41) is 3.63. The van der Waals surface area contributed by atoms with Crippen LogP contribution in [-0.2, 0) is 0 Å². The van der Waals surface area contributed by atoms with Gasteiger partial charge in [-0.3, -0.25) is 0 Å². The summed E-state index contributed by atoms with van der Waals surface area (Å²) in [6.45, 7) is 8.19. The Morgan fingerprint density at radius 2 is 2.06 bits per heavy atom. The minimum absolute atomic E-state index is 0.698. The molecule has 0 spiro atoms. The minimum atomic E-state index is 0.698. The van der Waals surface area contributed by atoms with Crippen LogP contribution in [-0.4, -0.2) is 37.6 Å². The maximum atomic E-state index is 3.63. The van der Waals surface area contributed by atoms with Crippen molar-refractivity contribution in [2.45, 2.75) is 58.4 Å². The van der Waals surface area contributed by atoms with Crippen molar-refractivity contribution in [1.29, 1.82) is 0 Å². The first-order valence-electron chi connectivity index (χ1n) is 8.14. The van der Waals surface area contributed by atoms with Crippen LogP contribution in [0.2, 0.25) is 0 Å². The molecule has 106 valence electrons. The van der Waals surface area contributed by atoms with Gasteiger partial charge in [0, 0.05) is 19.1 Å². The van der Waals surface area contributed by atoms with Crippen molar-refractivity contribution >= 4 is 0 Å². The van der Waals surface area contributed by atoms with Crippen LogP contribution in [0.3, 0.4) is 0 Å². The van der Waals surface area contributed by atoms with Crippen LogP contribution in [0.25, 0.3) is 0 Å². The summed E-state index contributed by atoms with van der Waals surface area (Å²) in [5.41, 5.74) is 0. The zero-order chi connectivity index (χ0) is 13.0. The van der Waals surface area contributed by atoms with Crippen molar-refractivity contribution in [3.8, 4) is 0 Å². The SMILES string of the molecule is CCCC(CN(C)CC1CC2CCC1C2)NCC. The highest BCUT2D eigenvalue weighted by Gasteiger charge is 2.39. The van der Waals surface area contributed by atoms with Crippen molar-refractivity contribution in [2.75, 3.05) is 26.7 Å². The Hall–Kier alpha value is -0.0800. The lowest BCUT2D eigenvalue weighted by atomic mass is 9.88. The van der Waals surface area contributed by atoms with Crippen LogP contribution < -0.4 is 5.32 Å². The molecule has 1 N–H and O–H groups in total. The van der Waals surface area contributed by atoms with Gasteiger partial charge in [-0.05, 0) is 57.0 Å². The van der Waals surface area contributed by atoms with Gasteiger partial charge < -0.3 is 10.2 Å². The Balaban J connectivity index is 1.71. The van der Waals surface area contributed by atoms with Gasteiger partial charge in [-0.1, -0.05) is 26.7 Å². The third-order valence-corrected chi connectivity index (χ3v) is 5.09. The molecule has 4 unspecified atom stereocenters. The van der Waals surface area contributed by atoms with E-state index in [1.165, 1.54) is 45.2 Å². The van der Waals surface area contributed by atoms with Gasteiger partial charge in [0.25, 0.3) is 0 Å². The largest absolute Gasteiger partial charge is 0.313 e.